The normalized spacial score (nSPS) is 10.9. The van der Waals surface area contributed by atoms with Gasteiger partial charge in [-0.1, -0.05) is 25.1 Å². The highest BCUT2D eigenvalue weighted by Crippen LogP contribution is 2.22. The summed E-state index contributed by atoms with van der Waals surface area (Å²) in [5, 5.41) is 1.05. The van der Waals surface area contributed by atoms with Crippen LogP contribution in [0.2, 0.25) is 0 Å². The zero-order valence-corrected chi connectivity index (χ0v) is 11.5. The number of rotatable bonds is 2. The molecular weight excluding hydrogens is 250 g/mol. The molecule has 0 aliphatic carbocycles. The number of H-pyrrole nitrogens is 1. The van der Waals surface area contributed by atoms with Gasteiger partial charge in [-0.25, -0.2) is 4.98 Å². The number of hydrogen-bond acceptors (Lipinski definition) is 3. The first-order valence-corrected chi connectivity index (χ1v) is 6.64. The van der Waals surface area contributed by atoms with Crippen molar-refractivity contribution in [2.75, 3.05) is 0 Å². The molecule has 0 atom stereocenters. The third-order valence-corrected chi connectivity index (χ3v) is 3.40. The Hall–Kier alpha value is -2.49. The van der Waals surface area contributed by atoms with Crippen molar-refractivity contribution in [2.45, 2.75) is 20.3 Å². The van der Waals surface area contributed by atoms with Crippen molar-refractivity contribution in [1.29, 1.82) is 0 Å². The molecule has 0 spiro atoms. The number of benzene rings is 1. The second-order valence-electron chi connectivity index (χ2n) is 4.76. The van der Waals surface area contributed by atoms with E-state index >= 15 is 0 Å². The van der Waals surface area contributed by atoms with Gasteiger partial charge in [-0.05, 0) is 19.1 Å². The summed E-state index contributed by atoms with van der Waals surface area (Å²) in [6.45, 7) is 3.76. The van der Waals surface area contributed by atoms with Crippen molar-refractivity contribution < 1.29 is 0 Å². The number of nitrogens with zero attached hydrogens (tertiary/aromatic N) is 2. The molecule has 4 heteroatoms. The molecule has 100 valence electrons. The van der Waals surface area contributed by atoms with Crippen LogP contribution in [-0.2, 0) is 6.42 Å². The van der Waals surface area contributed by atoms with Gasteiger partial charge in [0, 0.05) is 29.1 Å². The van der Waals surface area contributed by atoms with Gasteiger partial charge in [-0.2, -0.15) is 0 Å². The summed E-state index contributed by atoms with van der Waals surface area (Å²) in [6.07, 6.45) is 2.47. The number of pyridine rings is 1. The predicted octanol–water partition coefficient (Wildman–Crippen LogP) is 2.86. The number of aromatic amines is 1. The number of fused-ring (bicyclic) bond motifs is 1. The summed E-state index contributed by atoms with van der Waals surface area (Å²) in [5.74, 6) is 0.698. The molecule has 0 aliphatic heterocycles. The molecular formula is C16H15N3O. The molecule has 0 fully saturated rings. The van der Waals surface area contributed by atoms with E-state index < -0.39 is 0 Å². The summed E-state index contributed by atoms with van der Waals surface area (Å²) in [6, 6.07) is 9.94. The zero-order valence-electron chi connectivity index (χ0n) is 11.5. The van der Waals surface area contributed by atoms with Crippen molar-refractivity contribution in [3.63, 3.8) is 0 Å². The predicted molar refractivity (Wildman–Crippen MR) is 79.7 cm³/mol. The van der Waals surface area contributed by atoms with Gasteiger partial charge in [0.25, 0.3) is 5.56 Å². The number of para-hydroxylation sites is 1. The molecule has 4 nitrogen and oxygen atoms in total. The topological polar surface area (TPSA) is 58.6 Å². The van der Waals surface area contributed by atoms with Gasteiger partial charge in [0.05, 0.1) is 11.2 Å². The first-order chi connectivity index (χ1) is 9.69. The maximum atomic E-state index is 11.9. The lowest BCUT2D eigenvalue weighted by molar-refractivity contribution is 0.911. The fourth-order valence-electron chi connectivity index (χ4n) is 2.23. The van der Waals surface area contributed by atoms with Crippen LogP contribution in [0.25, 0.3) is 22.2 Å². The molecule has 1 aromatic carbocycles. The van der Waals surface area contributed by atoms with Crippen LogP contribution in [0.3, 0.4) is 0 Å². The minimum absolute atomic E-state index is 0.0833. The molecule has 0 bridgehead atoms. The molecule has 2 aromatic heterocycles. The second-order valence-corrected chi connectivity index (χ2v) is 4.76. The average Bonchev–Trinajstić information content (AvgIpc) is 2.49. The van der Waals surface area contributed by atoms with E-state index in [2.05, 4.69) is 15.0 Å². The summed E-state index contributed by atoms with van der Waals surface area (Å²) >= 11 is 0. The zero-order chi connectivity index (χ0) is 14.1. The Morgan fingerprint density at radius 2 is 2.05 bits per heavy atom. The van der Waals surface area contributed by atoms with Gasteiger partial charge >= 0.3 is 0 Å². The first kappa shape index (κ1) is 12.5. The average molecular weight is 265 g/mol. The monoisotopic (exact) mass is 265 g/mol. The smallest absolute Gasteiger partial charge is 0.254 e. The number of aromatic nitrogens is 3. The van der Waals surface area contributed by atoms with E-state index in [0.717, 1.165) is 16.5 Å². The molecule has 0 saturated carbocycles. The van der Waals surface area contributed by atoms with Gasteiger partial charge in [-0.15, -0.1) is 0 Å². The Labute approximate surface area is 116 Å². The summed E-state index contributed by atoms with van der Waals surface area (Å²) in [7, 11) is 0. The lowest BCUT2D eigenvalue weighted by Gasteiger charge is -2.07. The van der Waals surface area contributed by atoms with E-state index in [4.69, 9.17) is 0 Å². The molecule has 2 heterocycles. The van der Waals surface area contributed by atoms with Crippen molar-refractivity contribution in [1.82, 2.24) is 15.0 Å². The standard InChI is InChI=1S/C16H15N3O/c1-3-14-18-15(10(2)16(20)19-14)12-8-11-6-4-5-7-13(11)17-9-12/h4-9H,3H2,1-2H3,(H,18,19,20). The lowest BCUT2D eigenvalue weighted by Crippen LogP contribution is -2.15. The fraction of sp³-hybridized carbons (Fsp3) is 0.188. The third kappa shape index (κ3) is 2.09. The highest BCUT2D eigenvalue weighted by atomic mass is 16.1. The molecule has 20 heavy (non-hydrogen) atoms. The van der Waals surface area contributed by atoms with Crippen LogP contribution in [0.4, 0.5) is 0 Å². The summed E-state index contributed by atoms with van der Waals surface area (Å²) in [5.41, 5.74) is 3.07. The van der Waals surface area contributed by atoms with E-state index in [-0.39, 0.29) is 5.56 Å². The Morgan fingerprint density at radius 1 is 1.25 bits per heavy atom. The van der Waals surface area contributed by atoms with E-state index in [1.807, 2.05) is 37.3 Å². The van der Waals surface area contributed by atoms with E-state index in [9.17, 15) is 4.79 Å². The van der Waals surface area contributed by atoms with Gasteiger partial charge < -0.3 is 4.98 Å². The maximum absolute atomic E-state index is 11.9. The molecule has 0 saturated heterocycles. The minimum Gasteiger partial charge on any atom is -0.310 e. The van der Waals surface area contributed by atoms with Crippen LogP contribution in [-0.4, -0.2) is 15.0 Å². The Bertz CT molecular complexity index is 836. The van der Waals surface area contributed by atoms with Crippen LogP contribution in [0.15, 0.2) is 41.3 Å². The fourth-order valence-corrected chi connectivity index (χ4v) is 2.23. The number of hydrogen-bond donors (Lipinski definition) is 1. The quantitative estimate of drug-likeness (QED) is 0.775. The van der Waals surface area contributed by atoms with Crippen molar-refractivity contribution in [3.05, 3.63) is 58.3 Å². The largest absolute Gasteiger partial charge is 0.310 e. The number of nitrogens with one attached hydrogen (secondary N) is 1. The van der Waals surface area contributed by atoms with Crippen molar-refractivity contribution >= 4 is 10.9 Å². The van der Waals surface area contributed by atoms with E-state index in [1.165, 1.54) is 0 Å². The van der Waals surface area contributed by atoms with Crippen LogP contribution in [0, 0.1) is 6.92 Å². The number of aryl methyl sites for hydroxylation is 1. The van der Waals surface area contributed by atoms with Gasteiger partial charge in [-0.3, -0.25) is 9.78 Å². The van der Waals surface area contributed by atoms with Gasteiger partial charge in [0.2, 0.25) is 0 Å². The van der Waals surface area contributed by atoms with Crippen LogP contribution in [0.1, 0.15) is 18.3 Å². The van der Waals surface area contributed by atoms with Crippen molar-refractivity contribution in [3.8, 4) is 11.3 Å². The van der Waals surface area contributed by atoms with E-state index in [0.29, 0.717) is 23.5 Å². The molecule has 0 unspecified atom stereocenters. The SMILES string of the molecule is CCc1nc(-c2cnc3ccccc3c2)c(C)c(=O)[nH]1. The van der Waals surface area contributed by atoms with Gasteiger partial charge in [0.1, 0.15) is 5.82 Å². The van der Waals surface area contributed by atoms with Crippen LogP contribution < -0.4 is 5.56 Å². The minimum atomic E-state index is -0.0833. The van der Waals surface area contributed by atoms with Crippen LogP contribution in [0.5, 0.6) is 0 Å². The highest BCUT2D eigenvalue weighted by molar-refractivity contribution is 5.83. The van der Waals surface area contributed by atoms with E-state index in [1.54, 1.807) is 13.1 Å². The van der Waals surface area contributed by atoms with Gasteiger partial charge in [0.15, 0.2) is 0 Å². The Balaban J connectivity index is 2.24. The Kier molecular flexibility index (Phi) is 3.06. The molecule has 3 aromatic rings. The maximum Gasteiger partial charge on any atom is 0.254 e. The molecule has 0 amide bonds. The van der Waals surface area contributed by atoms with Crippen molar-refractivity contribution in [2.24, 2.45) is 0 Å². The lowest BCUT2D eigenvalue weighted by atomic mass is 10.1. The first-order valence-electron chi connectivity index (χ1n) is 6.64. The molecule has 3 rings (SSSR count). The molecule has 0 radical (unpaired) electrons. The molecule has 0 aliphatic rings. The highest BCUT2D eigenvalue weighted by Gasteiger charge is 2.10. The molecule has 1 N–H and O–H groups in total. The Morgan fingerprint density at radius 3 is 2.85 bits per heavy atom. The third-order valence-electron chi connectivity index (χ3n) is 3.40. The summed E-state index contributed by atoms with van der Waals surface area (Å²) in [4.78, 5) is 23.7. The second kappa shape index (κ2) is 4.89. The summed E-state index contributed by atoms with van der Waals surface area (Å²) < 4.78 is 0. The van der Waals surface area contributed by atoms with Crippen LogP contribution >= 0.6 is 0 Å².